The number of aromatic nitrogens is 2. The lowest BCUT2D eigenvalue weighted by atomic mass is 10.1. The van der Waals surface area contributed by atoms with Crippen LogP contribution in [0.15, 0.2) is 48.5 Å². The molecule has 0 saturated heterocycles. The summed E-state index contributed by atoms with van der Waals surface area (Å²) < 4.78 is 0.826. The highest BCUT2D eigenvalue weighted by Crippen LogP contribution is 2.27. The molecule has 0 aliphatic heterocycles. The van der Waals surface area contributed by atoms with Crippen LogP contribution in [-0.2, 0) is 6.54 Å². The van der Waals surface area contributed by atoms with Crippen molar-refractivity contribution in [1.82, 2.24) is 9.88 Å². The minimum absolute atomic E-state index is 0. The monoisotopic (exact) mass is 379 g/mol. The predicted octanol–water partition coefficient (Wildman–Crippen LogP) is 3.38. The van der Waals surface area contributed by atoms with Gasteiger partial charge in [-0.25, -0.2) is 4.73 Å². The predicted molar refractivity (Wildman–Crippen MR) is 102 cm³/mol. The zero-order valence-corrected chi connectivity index (χ0v) is 15.5. The number of aliphatic hydroxyl groups excluding tert-OH is 1. The lowest BCUT2D eigenvalue weighted by molar-refractivity contribution is -0.606. The van der Waals surface area contributed by atoms with E-state index in [1.54, 1.807) is 37.1 Å². The highest BCUT2D eigenvalue weighted by molar-refractivity contribution is 6.31. The maximum Gasteiger partial charge on any atom is 0.316 e. The SMILES string of the molecule is CC(O)N(C)Cc1nc2ccc(Cl)cc2c(-c2ccccc2)[n+]1[O-].Cl. The smallest absolute Gasteiger partial charge is 0.316 e. The van der Waals surface area contributed by atoms with Gasteiger partial charge in [0.1, 0.15) is 18.5 Å². The number of nitrogens with zero attached hydrogens (tertiary/aromatic N) is 3. The summed E-state index contributed by atoms with van der Waals surface area (Å²) in [5.41, 5.74) is 2.00. The van der Waals surface area contributed by atoms with Crippen LogP contribution in [0.1, 0.15) is 12.7 Å². The molecule has 0 aliphatic rings. The van der Waals surface area contributed by atoms with Gasteiger partial charge < -0.3 is 10.3 Å². The fourth-order valence-electron chi connectivity index (χ4n) is 2.54. The van der Waals surface area contributed by atoms with Crippen LogP contribution in [0, 0.1) is 5.21 Å². The third-order valence-electron chi connectivity index (χ3n) is 3.98. The summed E-state index contributed by atoms with van der Waals surface area (Å²) >= 11 is 6.12. The van der Waals surface area contributed by atoms with Gasteiger partial charge in [-0.2, -0.15) is 0 Å². The summed E-state index contributed by atoms with van der Waals surface area (Å²) in [5.74, 6) is 0.326. The Morgan fingerprint density at radius 2 is 1.92 bits per heavy atom. The van der Waals surface area contributed by atoms with Crippen LogP contribution < -0.4 is 4.73 Å². The van der Waals surface area contributed by atoms with Crippen LogP contribution in [-0.4, -0.2) is 28.3 Å². The maximum absolute atomic E-state index is 13.0. The fourth-order valence-corrected chi connectivity index (χ4v) is 2.71. The van der Waals surface area contributed by atoms with Gasteiger partial charge in [-0.1, -0.05) is 41.9 Å². The number of fused-ring (bicyclic) bond motifs is 1. The average molecular weight is 380 g/mol. The summed E-state index contributed by atoms with van der Waals surface area (Å²) in [7, 11) is 1.74. The minimum Gasteiger partial charge on any atom is -0.710 e. The van der Waals surface area contributed by atoms with Crippen LogP contribution >= 0.6 is 24.0 Å². The average Bonchev–Trinajstić information content (AvgIpc) is 2.56. The van der Waals surface area contributed by atoms with Crippen molar-refractivity contribution in [2.75, 3.05) is 7.05 Å². The Morgan fingerprint density at radius 3 is 2.56 bits per heavy atom. The van der Waals surface area contributed by atoms with E-state index in [1.165, 1.54) is 0 Å². The molecule has 0 amide bonds. The molecule has 3 rings (SSSR count). The number of benzene rings is 2. The minimum atomic E-state index is -0.673. The molecule has 5 nitrogen and oxygen atoms in total. The second-order valence-electron chi connectivity index (χ2n) is 5.75. The molecule has 2 aromatic carbocycles. The van der Waals surface area contributed by atoms with E-state index in [1.807, 2.05) is 30.3 Å². The summed E-state index contributed by atoms with van der Waals surface area (Å²) in [6, 6.07) is 14.7. The van der Waals surface area contributed by atoms with Crippen LogP contribution in [0.5, 0.6) is 0 Å². The molecule has 1 N–H and O–H groups in total. The zero-order chi connectivity index (χ0) is 17.3. The van der Waals surface area contributed by atoms with Gasteiger partial charge in [-0.3, -0.25) is 4.90 Å². The molecule has 0 saturated carbocycles. The molecule has 1 unspecified atom stereocenters. The second kappa shape index (κ2) is 7.97. The van der Waals surface area contributed by atoms with Gasteiger partial charge in [0.15, 0.2) is 5.52 Å². The highest BCUT2D eigenvalue weighted by atomic mass is 35.5. The number of hydrogen-bond acceptors (Lipinski definition) is 4. The quantitative estimate of drug-likeness (QED) is 0.428. The summed E-state index contributed by atoms with van der Waals surface area (Å²) in [5, 5.41) is 23.9. The van der Waals surface area contributed by atoms with Crippen LogP contribution in [0.3, 0.4) is 0 Å². The number of hydrogen-bond donors (Lipinski definition) is 1. The zero-order valence-electron chi connectivity index (χ0n) is 13.9. The molecule has 0 bridgehead atoms. The van der Waals surface area contributed by atoms with Gasteiger partial charge in [-0.05, 0) is 37.2 Å². The first kappa shape index (κ1) is 19.4. The normalized spacial score (nSPS) is 12.2. The standard InChI is InChI=1S/C18H18ClN3O2.ClH/c1-12(23)21(2)11-17-20-16-9-8-14(19)10-15(16)18(22(17)24)13-6-4-3-5-7-13;/h3-10,12,23H,11H2,1-2H3;1H. The summed E-state index contributed by atoms with van der Waals surface area (Å²) in [6.07, 6.45) is -0.673. The Kier molecular flexibility index (Phi) is 6.19. The topological polar surface area (TPSA) is 63.3 Å². The number of rotatable bonds is 4. The largest absolute Gasteiger partial charge is 0.710 e. The van der Waals surface area contributed by atoms with Gasteiger partial charge in [0.05, 0.1) is 5.39 Å². The Hall–Kier alpha value is -1.92. The van der Waals surface area contributed by atoms with Gasteiger partial charge >= 0.3 is 5.82 Å². The molecular weight excluding hydrogens is 361 g/mol. The van der Waals surface area contributed by atoms with E-state index in [0.29, 0.717) is 27.4 Å². The van der Waals surface area contributed by atoms with Crippen molar-refractivity contribution in [3.63, 3.8) is 0 Å². The van der Waals surface area contributed by atoms with Gasteiger partial charge in [0.25, 0.3) is 0 Å². The molecule has 1 heterocycles. The van der Waals surface area contributed by atoms with E-state index in [2.05, 4.69) is 4.98 Å². The van der Waals surface area contributed by atoms with Crippen molar-refractivity contribution in [1.29, 1.82) is 0 Å². The molecule has 0 spiro atoms. The van der Waals surface area contributed by atoms with E-state index in [0.717, 1.165) is 10.3 Å². The fraction of sp³-hybridized carbons (Fsp3) is 0.222. The molecule has 0 aliphatic carbocycles. The molecular formula is C18H19Cl2N3O2. The van der Waals surface area contributed by atoms with Gasteiger partial charge in [0, 0.05) is 10.6 Å². The Labute approximate surface area is 157 Å². The van der Waals surface area contributed by atoms with Gasteiger partial charge in [-0.15, -0.1) is 12.4 Å². The maximum atomic E-state index is 13.0. The lowest BCUT2D eigenvalue weighted by Gasteiger charge is -2.20. The van der Waals surface area contributed by atoms with Crippen LogP contribution in [0.4, 0.5) is 0 Å². The second-order valence-corrected chi connectivity index (χ2v) is 6.18. The molecule has 0 fully saturated rings. The van der Waals surface area contributed by atoms with Crippen molar-refractivity contribution in [3.8, 4) is 11.3 Å². The third-order valence-corrected chi connectivity index (χ3v) is 4.21. The van der Waals surface area contributed by atoms with Crippen molar-refractivity contribution >= 4 is 34.9 Å². The Balaban J connectivity index is 0.00000225. The van der Waals surface area contributed by atoms with Crippen molar-refractivity contribution in [3.05, 3.63) is 64.6 Å². The highest BCUT2D eigenvalue weighted by Gasteiger charge is 2.22. The molecule has 3 aromatic rings. The van der Waals surface area contributed by atoms with Crippen LogP contribution in [0.25, 0.3) is 22.2 Å². The lowest BCUT2D eigenvalue weighted by Crippen LogP contribution is -2.40. The van der Waals surface area contributed by atoms with Crippen molar-refractivity contribution in [2.24, 2.45) is 0 Å². The van der Waals surface area contributed by atoms with E-state index in [-0.39, 0.29) is 19.0 Å². The number of halogens is 2. The number of aliphatic hydroxyl groups is 1. The van der Waals surface area contributed by atoms with Crippen LogP contribution in [0.2, 0.25) is 5.02 Å². The molecule has 132 valence electrons. The first-order chi connectivity index (χ1) is 11.5. The van der Waals surface area contributed by atoms with Gasteiger partial charge in [0.2, 0.25) is 0 Å². The first-order valence-electron chi connectivity index (χ1n) is 7.63. The molecule has 7 heteroatoms. The van der Waals surface area contributed by atoms with E-state index >= 15 is 0 Å². The molecule has 1 atom stereocenters. The summed E-state index contributed by atoms with van der Waals surface area (Å²) in [4.78, 5) is 6.11. The van der Waals surface area contributed by atoms with E-state index < -0.39 is 6.23 Å². The first-order valence-corrected chi connectivity index (χ1v) is 8.00. The van der Waals surface area contributed by atoms with Crippen molar-refractivity contribution in [2.45, 2.75) is 19.7 Å². The Bertz CT molecular complexity index is 873. The molecule has 25 heavy (non-hydrogen) atoms. The summed E-state index contributed by atoms with van der Waals surface area (Å²) in [6.45, 7) is 1.88. The molecule has 1 aromatic heterocycles. The third kappa shape index (κ3) is 4.02. The van der Waals surface area contributed by atoms with E-state index in [9.17, 15) is 10.3 Å². The Morgan fingerprint density at radius 1 is 1.24 bits per heavy atom. The molecule has 0 radical (unpaired) electrons. The van der Waals surface area contributed by atoms with Crippen molar-refractivity contribution < 1.29 is 9.84 Å². The van der Waals surface area contributed by atoms with E-state index in [4.69, 9.17) is 11.6 Å².